The third-order valence-corrected chi connectivity index (χ3v) is 2.77. The minimum atomic E-state index is -4.66. The minimum absolute atomic E-state index is 0.278. The summed E-state index contributed by atoms with van der Waals surface area (Å²) >= 11 is 2.69. The molecule has 0 aliphatic rings. The van der Waals surface area contributed by atoms with Crippen LogP contribution in [0, 0.1) is 11.3 Å². The predicted molar refractivity (Wildman–Crippen MR) is 55.2 cm³/mol. The van der Waals surface area contributed by atoms with E-state index in [0.29, 0.717) is 6.07 Å². The van der Waals surface area contributed by atoms with Crippen LogP contribution in [0.3, 0.4) is 0 Å². The van der Waals surface area contributed by atoms with Gasteiger partial charge in [-0.1, -0.05) is 0 Å². The molecule has 7 heteroatoms. The zero-order valence-electron chi connectivity index (χ0n) is 8.43. The Balaban J connectivity index is 3.51. The van der Waals surface area contributed by atoms with Gasteiger partial charge in [-0.15, -0.1) is 0 Å². The zero-order valence-corrected chi connectivity index (χ0v) is 10.0. The summed E-state index contributed by atoms with van der Waals surface area (Å²) in [7, 11) is 1.05. The maximum atomic E-state index is 12.6. The van der Waals surface area contributed by atoms with Gasteiger partial charge in [-0.2, -0.15) is 18.4 Å². The Kier molecular flexibility index (Phi) is 3.78. The topological polar surface area (TPSA) is 50.1 Å². The monoisotopic (exact) mass is 307 g/mol. The van der Waals surface area contributed by atoms with Crippen LogP contribution in [0.5, 0.6) is 0 Å². The number of alkyl halides is 3. The maximum Gasteiger partial charge on any atom is 0.417 e. The van der Waals surface area contributed by atoms with Crippen LogP contribution in [-0.2, 0) is 10.9 Å². The highest BCUT2D eigenvalue weighted by Crippen LogP contribution is 2.37. The number of halogens is 4. The van der Waals surface area contributed by atoms with Gasteiger partial charge in [0.1, 0.15) is 6.07 Å². The third-order valence-electron chi connectivity index (χ3n) is 1.92. The van der Waals surface area contributed by atoms with Crippen molar-refractivity contribution in [3.8, 4) is 6.07 Å². The van der Waals surface area contributed by atoms with Crippen molar-refractivity contribution in [3.05, 3.63) is 33.3 Å². The second kappa shape index (κ2) is 4.75. The second-order valence-corrected chi connectivity index (χ2v) is 3.78. The Labute approximate surface area is 103 Å². The fraction of sp³-hybridized carbons (Fsp3) is 0.200. The summed E-state index contributed by atoms with van der Waals surface area (Å²) in [4.78, 5) is 11.2. The Morgan fingerprint density at radius 3 is 2.47 bits per heavy atom. The van der Waals surface area contributed by atoms with Crippen LogP contribution in [-0.4, -0.2) is 13.1 Å². The molecule has 0 unspecified atom stereocenters. The molecular formula is C10H5BrF3NO2. The quantitative estimate of drug-likeness (QED) is 0.749. The Morgan fingerprint density at radius 2 is 2.06 bits per heavy atom. The number of esters is 1. The van der Waals surface area contributed by atoms with Crippen molar-refractivity contribution in [2.75, 3.05) is 7.11 Å². The van der Waals surface area contributed by atoms with Gasteiger partial charge in [-0.25, -0.2) is 4.79 Å². The summed E-state index contributed by atoms with van der Waals surface area (Å²) in [5.41, 5.74) is -1.68. The van der Waals surface area contributed by atoms with Crippen molar-refractivity contribution in [3.63, 3.8) is 0 Å². The molecule has 1 aromatic rings. The number of hydrogen-bond donors (Lipinski definition) is 0. The zero-order chi connectivity index (χ0) is 13.2. The highest BCUT2D eigenvalue weighted by atomic mass is 79.9. The van der Waals surface area contributed by atoms with Crippen LogP contribution in [0.25, 0.3) is 0 Å². The first kappa shape index (κ1) is 13.5. The molecule has 0 spiro atoms. The van der Waals surface area contributed by atoms with Crippen molar-refractivity contribution in [2.24, 2.45) is 0 Å². The smallest absolute Gasteiger partial charge is 0.417 e. The van der Waals surface area contributed by atoms with E-state index < -0.39 is 17.7 Å². The van der Waals surface area contributed by atoms with Gasteiger partial charge in [-0.3, -0.25) is 0 Å². The number of carbonyl (C=O) groups is 1. The Bertz CT molecular complexity index is 505. The Morgan fingerprint density at radius 1 is 1.47 bits per heavy atom. The second-order valence-electron chi connectivity index (χ2n) is 2.99. The highest BCUT2D eigenvalue weighted by molar-refractivity contribution is 9.10. The van der Waals surface area contributed by atoms with E-state index in [9.17, 15) is 18.0 Å². The van der Waals surface area contributed by atoms with Crippen molar-refractivity contribution < 1.29 is 22.7 Å². The minimum Gasteiger partial charge on any atom is -0.465 e. The summed E-state index contributed by atoms with van der Waals surface area (Å²) < 4.78 is 41.8. The summed E-state index contributed by atoms with van der Waals surface area (Å²) in [6, 6.07) is 3.24. The molecule has 0 aromatic heterocycles. The van der Waals surface area contributed by atoms with E-state index in [1.54, 1.807) is 6.07 Å². The molecule has 17 heavy (non-hydrogen) atoms. The molecule has 0 amide bonds. The fourth-order valence-electron chi connectivity index (χ4n) is 1.15. The van der Waals surface area contributed by atoms with E-state index in [4.69, 9.17) is 5.26 Å². The highest BCUT2D eigenvalue weighted by Gasteiger charge is 2.35. The van der Waals surface area contributed by atoms with E-state index in [-0.39, 0.29) is 15.6 Å². The number of ether oxygens (including phenoxy) is 1. The van der Waals surface area contributed by atoms with Gasteiger partial charge in [0.15, 0.2) is 0 Å². The molecule has 1 rings (SSSR count). The molecule has 0 saturated heterocycles. The fourth-order valence-corrected chi connectivity index (χ4v) is 1.69. The summed E-state index contributed by atoms with van der Waals surface area (Å²) in [6.45, 7) is 0. The first-order valence-electron chi connectivity index (χ1n) is 4.20. The van der Waals surface area contributed by atoms with Crippen LogP contribution >= 0.6 is 15.9 Å². The molecule has 90 valence electrons. The maximum absolute atomic E-state index is 12.6. The van der Waals surface area contributed by atoms with Gasteiger partial charge in [0.25, 0.3) is 0 Å². The molecular weight excluding hydrogens is 303 g/mol. The molecule has 0 fully saturated rings. The number of benzene rings is 1. The van der Waals surface area contributed by atoms with Crippen LogP contribution in [0.4, 0.5) is 13.2 Å². The van der Waals surface area contributed by atoms with Crippen molar-refractivity contribution in [1.29, 1.82) is 5.26 Å². The summed E-state index contributed by atoms with van der Waals surface area (Å²) in [5.74, 6) is -0.931. The number of nitrogens with zero attached hydrogens (tertiary/aromatic N) is 1. The van der Waals surface area contributed by atoms with Gasteiger partial charge < -0.3 is 4.74 Å². The molecule has 0 saturated carbocycles. The number of carbonyl (C=O) groups excluding carboxylic acids is 1. The lowest BCUT2D eigenvalue weighted by atomic mass is 10.1. The average molecular weight is 308 g/mol. The summed E-state index contributed by atoms with van der Waals surface area (Å²) in [6.07, 6.45) is -4.66. The van der Waals surface area contributed by atoms with E-state index >= 15 is 0 Å². The normalized spacial score (nSPS) is 10.8. The molecule has 1 aromatic carbocycles. The number of hydrogen-bond acceptors (Lipinski definition) is 3. The molecule has 0 aliphatic heterocycles. The van der Waals surface area contributed by atoms with Crippen molar-refractivity contribution >= 4 is 21.9 Å². The third kappa shape index (κ3) is 2.77. The number of rotatable bonds is 1. The van der Waals surface area contributed by atoms with Gasteiger partial charge >= 0.3 is 12.1 Å². The van der Waals surface area contributed by atoms with Gasteiger partial charge in [0.05, 0.1) is 23.8 Å². The first-order chi connectivity index (χ1) is 7.81. The molecule has 0 radical (unpaired) electrons. The lowest BCUT2D eigenvalue weighted by Crippen LogP contribution is -2.11. The van der Waals surface area contributed by atoms with Gasteiger partial charge in [0.2, 0.25) is 0 Å². The molecule has 0 heterocycles. The molecule has 0 bridgehead atoms. The standard InChI is InChI=1S/C10H5BrF3NO2/c1-17-9(16)5-2-6(4-15)8(11)7(3-5)10(12,13)14/h2-3H,1H3. The largest absolute Gasteiger partial charge is 0.465 e. The first-order valence-corrected chi connectivity index (χ1v) is 4.99. The molecule has 0 N–H and O–H groups in total. The SMILES string of the molecule is COC(=O)c1cc(C#N)c(Br)c(C(F)(F)F)c1. The van der Waals surface area contributed by atoms with E-state index in [0.717, 1.165) is 13.2 Å². The van der Waals surface area contributed by atoms with Crippen LogP contribution in [0.15, 0.2) is 16.6 Å². The van der Waals surface area contributed by atoms with Gasteiger partial charge in [0, 0.05) is 4.47 Å². The van der Waals surface area contributed by atoms with Crippen molar-refractivity contribution in [2.45, 2.75) is 6.18 Å². The predicted octanol–water partition coefficient (Wildman–Crippen LogP) is 3.13. The lowest BCUT2D eigenvalue weighted by molar-refractivity contribution is -0.138. The van der Waals surface area contributed by atoms with Crippen LogP contribution < -0.4 is 0 Å². The van der Waals surface area contributed by atoms with E-state index in [1.807, 2.05) is 0 Å². The van der Waals surface area contributed by atoms with Crippen LogP contribution in [0.1, 0.15) is 21.5 Å². The molecule has 0 aliphatic carbocycles. The molecule has 0 atom stereocenters. The lowest BCUT2D eigenvalue weighted by Gasteiger charge is -2.11. The molecule has 3 nitrogen and oxygen atoms in total. The van der Waals surface area contributed by atoms with E-state index in [2.05, 4.69) is 20.7 Å². The van der Waals surface area contributed by atoms with Gasteiger partial charge in [-0.05, 0) is 28.1 Å². The van der Waals surface area contributed by atoms with Crippen molar-refractivity contribution in [1.82, 2.24) is 0 Å². The van der Waals surface area contributed by atoms with Crippen LogP contribution in [0.2, 0.25) is 0 Å². The number of nitriles is 1. The average Bonchev–Trinajstić information content (AvgIpc) is 2.26. The Hall–Kier alpha value is -1.55. The van der Waals surface area contributed by atoms with E-state index in [1.165, 1.54) is 0 Å². The number of methoxy groups -OCH3 is 1. The summed E-state index contributed by atoms with van der Waals surface area (Å²) in [5, 5.41) is 8.69.